The summed E-state index contributed by atoms with van der Waals surface area (Å²) in [7, 11) is 0. The SMILES string of the molecule is CC(C)CCCCCCN1CC(C(=O)O)CC1=O.CC(C)OCCCN1CC(C(=O)O)CC1=O.CCCCCCCCN1CC(C(=O)O)CC1=O.CCCCN1CC(C(=O)O)CC1=O.O=C(O)C1CC(=O)N(CCN2CC(C(=O)O)CC2=O)C1. The summed E-state index contributed by atoms with van der Waals surface area (Å²) in [5, 5.41) is 52.9. The van der Waals surface area contributed by atoms with Crippen LogP contribution in [0.25, 0.3) is 0 Å². The van der Waals surface area contributed by atoms with Crippen LogP contribution in [0.4, 0.5) is 0 Å². The first-order chi connectivity index (χ1) is 39.7. The van der Waals surface area contributed by atoms with Crippen LogP contribution in [0.5, 0.6) is 0 Å². The third-order valence-corrected chi connectivity index (χ3v) is 15.6. The van der Waals surface area contributed by atoms with Crippen LogP contribution in [0.3, 0.4) is 0 Å². The van der Waals surface area contributed by atoms with Crippen molar-refractivity contribution in [1.82, 2.24) is 29.4 Å². The topological polar surface area (TPSA) is 355 Å². The molecular formula is C59H98N6O19. The van der Waals surface area contributed by atoms with E-state index in [2.05, 4.69) is 27.7 Å². The molecule has 0 aliphatic carbocycles. The molecule has 0 radical (unpaired) electrons. The Kier molecular flexibility index (Phi) is 34.4. The van der Waals surface area contributed by atoms with E-state index in [1.165, 1.54) is 54.7 Å². The van der Waals surface area contributed by atoms with Crippen molar-refractivity contribution in [2.24, 2.45) is 41.4 Å². The van der Waals surface area contributed by atoms with Gasteiger partial charge in [-0.3, -0.25) is 57.5 Å². The van der Waals surface area contributed by atoms with E-state index in [9.17, 15) is 57.5 Å². The van der Waals surface area contributed by atoms with E-state index >= 15 is 0 Å². The summed E-state index contributed by atoms with van der Waals surface area (Å²) in [6.07, 6.45) is 16.6. The largest absolute Gasteiger partial charge is 0.481 e. The number of ether oxygens (including phenoxy) is 1. The van der Waals surface area contributed by atoms with Gasteiger partial charge in [0.25, 0.3) is 0 Å². The monoisotopic (exact) mass is 1190 g/mol. The molecule has 6 N–H and O–H groups in total. The molecule has 6 fully saturated rings. The first kappa shape index (κ1) is 73.7. The molecule has 25 nitrogen and oxygen atoms in total. The quantitative estimate of drug-likeness (QED) is 0.0491. The maximum atomic E-state index is 11.6. The second-order valence-corrected chi connectivity index (χ2v) is 23.5. The molecule has 6 aliphatic rings. The number of aliphatic carboxylic acids is 6. The summed E-state index contributed by atoms with van der Waals surface area (Å²) in [5.41, 5.74) is 0. The summed E-state index contributed by atoms with van der Waals surface area (Å²) in [6, 6.07) is 0. The van der Waals surface area contributed by atoms with Crippen LogP contribution in [0.1, 0.15) is 170 Å². The molecule has 478 valence electrons. The fourth-order valence-corrected chi connectivity index (χ4v) is 10.4. The Morgan fingerprint density at radius 3 is 0.845 bits per heavy atom. The lowest BCUT2D eigenvalue weighted by molar-refractivity contribution is -0.142. The van der Waals surface area contributed by atoms with Crippen molar-refractivity contribution < 1.29 is 92.9 Å². The number of carbonyl (C=O) groups is 12. The van der Waals surface area contributed by atoms with Gasteiger partial charge in [-0.1, -0.05) is 91.9 Å². The molecule has 6 saturated heterocycles. The van der Waals surface area contributed by atoms with Crippen molar-refractivity contribution in [2.45, 2.75) is 176 Å². The molecule has 0 aromatic rings. The van der Waals surface area contributed by atoms with Crippen molar-refractivity contribution in [2.75, 3.05) is 85.1 Å². The molecule has 0 spiro atoms. The number of rotatable bonds is 31. The van der Waals surface area contributed by atoms with Gasteiger partial charge >= 0.3 is 35.8 Å². The highest BCUT2D eigenvalue weighted by Crippen LogP contribution is 2.24. The lowest BCUT2D eigenvalue weighted by atomic mass is 10.0. The molecule has 6 amide bonds. The van der Waals surface area contributed by atoms with Crippen LogP contribution in [-0.2, 0) is 62.3 Å². The summed E-state index contributed by atoms with van der Waals surface area (Å²) >= 11 is 0. The van der Waals surface area contributed by atoms with E-state index in [1.54, 1.807) is 19.6 Å². The predicted octanol–water partition coefficient (Wildman–Crippen LogP) is 5.11. The molecule has 6 heterocycles. The average Bonchev–Trinajstić information content (AvgIpc) is 4.47. The maximum absolute atomic E-state index is 11.6. The Labute approximate surface area is 494 Å². The molecule has 6 aliphatic heterocycles. The van der Waals surface area contributed by atoms with Gasteiger partial charge in [0.05, 0.1) is 41.6 Å². The second kappa shape index (κ2) is 39.3. The number of nitrogens with zero attached hydrogens (tertiary/aromatic N) is 6. The Morgan fingerprint density at radius 2 is 0.595 bits per heavy atom. The highest BCUT2D eigenvalue weighted by Gasteiger charge is 2.39. The Hall–Kier alpha value is -6.40. The van der Waals surface area contributed by atoms with E-state index < -0.39 is 71.3 Å². The second-order valence-electron chi connectivity index (χ2n) is 23.5. The van der Waals surface area contributed by atoms with Crippen molar-refractivity contribution in [3.63, 3.8) is 0 Å². The van der Waals surface area contributed by atoms with Crippen molar-refractivity contribution in [3.05, 3.63) is 0 Å². The fraction of sp³-hybridized carbons (Fsp3) is 0.797. The molecule has 25 heteroatoms. The van der Waals surface area contributed by atoms with Crippen LogP contribution in [0, 0.1) is 41.4 Å². The minimum absolute atomic E-state index is 0.00424. The highest BCUT2D eigenvalue weighted by molar-refractivity contribution is 5.89. The lowest BCUT2D eigenvalue weighted by Crippen LogP contribution is -2.37. The van der Waals surface area contributed by atoms with Crippen molar-refractivity contribution >= 4 is 71.3 Å². The summed E-state index contributed by atoms with van der Waals surface area (Å²) in [4.78, 5) is 143. The predicted molar refractivity (Wildman–Crippen MR) is 306 cm³/mol. The Morgan fingerprint density at radius 1 is 0.357 bits per heavy atom. The minimum atomic E-state index is -0.996. The van der Waals surface area contributed by atoms with Gasteiger partial charge in [0.1, 0.15) is 0 Å². The van der Waals surface area contributed by atoms with E-state index in [-0.39, 0.29) is 106 Å². The number of likely N-dealkylation sites (tertiary alicyclic amines) is 6. The first-order valence-electron chi connectivity index (χ1n) is 30.3. The molecule has 6 unspecified atom stereocenters. The number of unbranched alkanes of at least 4 members (excludes halogenated alkanes) is 9. The minimum Gasteiger partial charge on any atom is -0.481 e. The van der Waals surface area contributed by atoms with Crippen LogP contribution >= 0.6 is 0 Å². The zero-order chi connectivity index (χ0) is 63.1. The highest BCUT2D eigenvalue weighted by atomic mass is 16.5. The van der Waals surface area contributed by atoms with E-state index in [1.807, 2.05) is 13.8 Å². The van der Waals surface area contributed by atoms with Crippen LogP contribution in [0.15, 0.2) is 0 Å². The molecule has 0 aromatic heterocycles. The van der Waals surface area contributed by atoms with Gasteiger partial charge in [-0.2, -0.15) is 0 Å². The number of amides is 6. The van der Waals surface area contributed by atoms with Crippen LogP contribution < -0.4 is 0 Å². The van der Waals surface area contributed by atoms with Gasteiger partial charge in [0.15, 0.2) is 0 Å². The Balaban J connectivity index is 0.000000361. The number of hydrogen-bond donors (Lipinski definition) is 6. The zero-order valence-electron chi connectivity index (χ0n) is 50.6. The molecule has 0 aromatic carbocycles. The van der Waals surface area contributed by atoms with E-state index in [0.717, 1.165) is 64.0 Å². The fourth-order valence-electron chi connectivity index (χ4n) is 10.4. The van der Waals surface area contributed by atoms with Gasteiger partial charge in [-0.05, 0) is 45.4 Å². The average molecular weight is 1200 g/mol. The summed E-state index contributed by atoms with van der Waals surface area (Å²) < 4.78 is 5.36. The summed E-state index contributed by atoms with van der Waals surface area (Å²) in [5.74, 6) is -8.55. The third-order valence-electron chi connectivity index (χ3n) is 15.6. The molecule has 0 saturated carbocycles. The number of carbonyl (C=O) groups excluding carboxylic acids is 6. The van der Waals surface area contributed by atoms with Crippen LogP contribution in [-0.4, -0.2) is 223 Å². The van der Waals surface area contributed by atoms with Gasteiger partial charge in [-0.15, -0.1) is 0 Å². The van der Waals surface area contributed by atoms with Gasteiger partial charge in [0, 0.05) is 124 Å². The first-order valence-corrected chi connectivity index (χ1v) is 30.3. The van der Waals surface area contributed by atoms with Gasteiger partial charge < -0.3 is 64.8 Å². The molecular weight excluding hydrogens is 1100 g/mol. The number of carboxylic acids is 6. The molecule has 6 atom stereocenters. The maximum Gasteiger partial charge on any atom is 0.308 e. The van der Waals surface area contributed by atoms with E-state index in [0.29, 0.717) is 45.9 Å². The summed E-state index contributed by atoms with van der Waals surface area (Å²) in [6.45, 7) is 18.3. The van der Waals surface area contributed by atoms with E-state index in [4.69, 9.17) is 35.4 Å². The normalized spacial score (nSPS) is 22.0. The Bertz CT molecular complexity index is 2130. The third kappa shape index (κ3) is 28.0. The zero-order valence-corrected chi connectivity index (χ0v) is 50.6. The number of carboxylic acid groups (broad SMARTS) is 6. The van der Waals surface area contributed by atoms with Gasteiger partial charge in [0.2, 0.25) is 35.4 Å². The van der Waals surface area contributed by atoms with Crippen molar-refractivity contribution in [1.29, 1.82) is 0 Å². The lowest BCUT2D eigenvalue weighted by Gasteiger charge is -2.21. The smallest absolute Gasteiger partial charge is 0.308 e. The van der Waals surface area contributed by atoms with Crippen molar-refractivity contribution in [3.8, 4) is 0 Å². The standard InChI is InChI=1S/C14H25NO3.C13H23NO3.C12H16N2O6.C11H19NO4.C9H15NO3/c1-11(2)7-5-3-4-6-8-15-10-12(14(17)18)9-13(15)16;1-2-3-4-5-6-7-8-14-10-11(13(16)17)9-12(14)15;15-9-3-7(11(17)18)5-13(9)1-2-14-6-8(12(19)20)4-10(14)16;1-8(2)16-5-3-4-12-7-9(11(14)15)6-10(12)13;1-2-3-4-10-6-7(9(12)13)5-8(10)11/h11-12H,3-10H2,1-2H3,(H,17,18);11H,2-10H2,1H3,(H,16,17);7-8H,1-6H2,(H,17,18)(H,19,20);8-9H,3-7H2,1-2H3,(H,14,15);7H,2-6H2,1H3,(H,12,13). The molecule has 84 heavy (non-hydrogen) atoms. The van der Waals surface area contributed by atoms with Crippen LogP contribution in [0.2, 0.25) is 0 Å². The number of hydrogen-bond acceptors (Lipinski definition) is 13. The van der Waals surface area contributed by atoms with Gasteiger partial charge in [-0.25, -0.2) is 0 Å². The molecule has 6 rings (SSSR count). The molecule has 0 bridgehead atoms.